The number of benzene rings is 2. The minimum absolute atomic E-state index is 0.0266. The van der Waals surface area contributed by atoms with Gasteiger partial charge in [-0.25, -0.2) is 0 Å². The first-order valence-corrected chi connectivity index (χ1v) is 9.54. The minimum Gasteiger partial charge on any atom is -0.378 e. The largest absolute Gasteiger partial charge is 0.378 e. The topological polar surface area (TPSA) is 37.3 Å². The smallest absolute Gasteiger partial charge is 0.262 e. The van der Waals surface area contributed by atoms with Gasteiger partial charge in [0.25, 0.3) is 5.91 Å². The Balaban J connectivity index is 2.13. The highest BCUT2D eigenvalue weighted by Gasteiger charge is 2.20. The van der Waals surface area contributed by atoms with Crippen LogP contribution in [0.5, 0.6) is 0 Å². The third kappa shape index (κ3) is 3.91. The predicted molar refractivity (Wildman–Crippen MR) is 114 cm³/mol. The van der Waals surface area contributed by atoms with E-state index in [4.69, 9.17) is 0 Å². The van der Waals surface area contributed by atoms with Gasteiger partial charge in [-0.2, -0.15) is 0 Å². The molecule has 142 valence electrons. The van der Waals surface area contributed by atoms with E-state index < -0.39 is 0 Å². The van der Waals surface area contributed by atoms with Gasteiger partial charge in [0.15, 0.2) is 0 Å². The summed E-state index contributed by atoms with van der Waals surface area (Å²) in [6.07, 6.45) is 0.895. The number of hydrogen-bond acceptors (Lipinski definition) is 3. The highest BCUT2D eigenvalue weighted by molar-refractivity contribution is 6.04. The van der Waals surface area contributed by atoms with E-state index in [-0.39, 0.29) is 5.91 Å². The van der Waals surface area contributed by atoms with Crippen molar-refractivity contribution < 1.29 is 4.79 Å². The third-order valence-corrected chi connectivity index (χ3v) is 4.99. The lowest BCUT2D eigenvalue weighted by Gasteiger charge is -2.13. The molecule has 4 nitrogen and oxygen atoms in total. The number of nitrogens with one attached hydrogen (secondary N) is 1. The van der Waals surface area contributed by atoms with Crippen molar-refractivity contribution in [1.29, 1.82) is 0 Å². The van der Waals surface area contributed by atoms with Crippen LogP contribution in [0.3, 0.4) is 0 Å². The van der Waals surface area contributed by atoms with Gasteiger partial charge in [-0.3, -0.25) is 9.36 Å². The number of rotatable bonds is 6. The van der Waals surface area contributed by atoms with Crippen molar-refractivity contribution in [3.63, 3.8) is 0 Å². The number of aromatic nitrogens is 1. The van der Waals surface area contributed by atoms with Crippen molar-refractivity contribution in [2.24, 2.45) is 0 Å². The molecule has 0 atom stereocenters. The maximum atomic E-state index is 13.2. The van der Waals surface area contributed by atoms with Gasteiger partial charge >= 0.3 is 0 Å². The Kier molecular flexibility index (Phi) is 5.66. The molecule has 4 heteroatoms. The van der Waals surface area contributed by atoms with E-state index in [2.05, 4.69) is 49.2 Å². The fraction of sp³-hybridized carbons (Fsp3) is 0.348. The first-order chi connectivity index (χ1) is 12.9. The van der Waals surface area contributed by atoms with Crippen LogP contribution in [0.25, 0.3) is 10.9 Å². The Hall–Kier alpha value is -2.59. The van der Waals surface area contributed by atoms with Crippen LogP contribution in [0.4, 0.5) is 5.69 Å². The monoisotopic (exact) mass is 363 g/mol. The standard InChI is InChI=1S/C23H29N3O/c1-16(2)24-14-13-20-17(3)26(23(27)18-9-7-6-8-10-18)22-12-11-19(25(4)5)15-21(20)22/h6-12,15-16,24H,13-14H2,1-5H3. The van der Waals surface area contributed by atoms with Crippen LogP contribution in [-0.4, -0.2) is 37.2 Å². The lowest BCUT2D eigenvalue weighted by Crippen LogP contribution is -2.25. The lowest BCUT2D eigenvalue weighted by atomic mass is 10.1. The van der Waals surface area contributed by atoms with Gasteiger partial charge in [0.05, 0.1) is 5.52 Å². The van der Waals surface area contributed by atoms with Crippen LogP contribution in [0.1, 0.15) is 35.5 Å². The molecule has 1 heterocycles. The Morgan fingerprint density at radius 3 is 2.44 bits per heavy atom. The van der Waals surface area contributed by atoms with Crippen molar-refractivity contribution in [3.8, 4) is 0 Å². The van der Waals surface area contributed by atoms with Gasteiger partial charge < -0.3 is 10.2 Å². The van der Waals surface area contributed by atoms with Crippen molar-refractivity contribution in [3.05, 3.63) is 65.4 Å². The molecule has 27 heavy (non-hydrogen) atoms. The molecular formula is C23H29N3O. The quantitative estimate of drug-likeness (QED) is 0.712. The van der Waals surface area contributed by atoms with Crippen LogP contribution in [-0.2, 0) is 6.42 Å². The van der Waals surface area contributed by atoms with Gasteiger partial charge in [0.2, 0.25) is 0 Å². The Bertz CT molecular complexity index is 939. The molecule has 3 rings (SSSR count). The molecule has 1 aromatic heterocycles. The molecule has 0 aliphatic heterocycles. The zero-order valence-electron chi connectivity index (χ0n) is 16.9. The molecule has 3 aromatic rings. The number of nitrogens with zero attached hydrogens (tertiary/aromatic N) is 2. The molecule has 0 fully saturated rings. The number of anilines is 1. The van der Waals surface area contributed by atoms with E-state index in [1.807, 2.05) is 49.0 Å². The second kappa shape index (κ2) is 7.97. The maximum Gasteiger partial charge on any atom is 0.262 e. The molecule has 0 bridgehead atoms. The summed E-state index contributed by atoms with van der Waals surface area (Å²) in [5, 5.41) is 4.65. The maximum absolute atomic E-state index is 13.2. The fourth-order valence-corrected chi connectivity index (χ4v) is 3.52. The van der Waals surface area contributed by atoms with E-state index in [1.165, 1.54) is 5.56 Å². The fourth-order valence-electron chi connectivity index (χ4n) is 3.52. The van der Waals surface area contributed by atoms with Crippen molar-refractivity contribution in [2.45, 2.75) is 33.2 Å². The first kappa shape index (κ1) is 19.2. The average Bonchev–Trinajstić information content (AvgIpc) is 2.92. The molecule has 0 spiro atoms. The summed E-state index contributed by atoms with van der Waals surface area (Å²) < 4.78 is 1.87. The zero-order valence-corrected chi connectivity index (χ0v) is 16.9. The summed E-state index contributed by atoms with van der Waals surface area (Å²) in [7, 11) is 4.08. The summed E-state index contributed by atoms with van der Waals surface area (Å²) in [5.74, 6) is 0.0266. The second-order valence-corrected chi connectivity index (χ2v) is 7.53. The Labute approximate surface area is 161 Å². The van der Waals surface area contributed by atoms with E-state index in [0.717, 1.165) is 35.2 Å². The van der Waals surface area contributed by atoms with Crippen molar-refractivity contribution >= 4 is 22.5 Å². The van der Waals surface area contributed by atoms with Gasteiger partial charge in [-0.1, -0.05) is 32.0 Å². The second-order valence-electron chi connectivity index (χ2n) is 7.53. The number of carbonyl (C=O) groups excluding carboxylic acids is 1. The van der Waals surface area contributed by atoms with Crippen LogP contribution in [0.2, 0.25) is 0 Å². The summed E-state index contributed by atoms with van der Waals surface area (Å²) in [6.45, 7) is 7.25. The molecule has 0 saturated heterocycles. The lowest BCUT2D eigenvalue weighted by molar-refractivity contribution is 0.0963. The molecule has 0 unspecified atom stereocenters. The zero-order chi connectivity index (χ0) is 19.6. The highest BCUT2D eigenvalue weighted by atomic mass is 16.2. The van der Waals surface area contributed by atoms with E-state index in [1.54, 1.807) is 0 Å². The van der Waals surface area contributed by atoms with Crippen LogP contribution >= 0.6 is 0 Å². The Morgan fingerprint density at radius 2 is 1.81 bits per heavy atom. The van der Waals surface area contributed by atoms with Crippen LogP contribution < -0.4 is 10.2 Å². The summed E-state index contributed by atoms with van der Waals surface area (Å²) in [4.78, 5) is 15.3. The van der Waals surface area contributed by atoms with Crippen molar-refractivity contribution in [1.82, 2.24) is 9.88 Å². The van der Waals surface area contributed by atoms with Crippen LogP contribution in [0.15, 0.2) is 48.5 Å². The normalized spacial score (nSPS) is 11.3. The molecule has 1 N–H and O–H groups in total. The molecule has 0 aliphatic carbocycles. The highest BCUT2D eigenvalue weighted by Crippen LogP contribution is 2.30. The molecule has 0 amide bonds. The number of carbonyl (C=O) groups is 1. The molecular weight excluding hydrogens is 334 g/mol. The number of fused-ring (bicyclic) bond motifs is 1. The minimum atomic E-state index is 0.0266. The molecule has 0 radical (unpaired) electrons. The average molecular weight is 364 g/mol. The first-order valence-electron chi connectivity index (χ1n) is 9.54. The SMILES string of the molecule is Cc1c(CCNC(C)C)c2cc(N(C)C)ccc2n1C(=O)c1ccccc1. The third-order valence-electron chi connectivity index (χ3n) is 4.99. The summed E-state index contributed by atoms with van der Waals surface area (Å²) in [6, 6.07) is 16.3. The van der Waals surface area contributed by atoms with Gasteiger partial charge in [-0.05, 0) is 55.8 Å². The molecule has 2 aromatic carbocycles. The molecule has 0 saturated carbocycles. The van der Waals surface area contributed by atoms with Gasteiger partial charge in [0, 0.05) is 42.5 Å². The van der Waals surface area contributed by atoms with E-state index in [9.17, 15) is 4.79 Å². The number of hydrogen-bond donors (Lipinski definition) is 1. The van der Waals surface area contributed by atoms with Gasteiger partial charge in [-0.15, -0.1) is 0 Å². The molecule has 0 aliphatic rings. The van der Waals surface area contributed by atoms with E-state index >= 15 is 0 Å². The van der Waals surface area contributed by atoms with Gasteiger partial charge in [0.1, 0.15) is 0 Å². The van der Waals surface area contributed by atoms with E-state index in [0.29, 0.717) is 11.6 Å². The summed E-state index contributed by atoms with van der Waals surface area (Å²) in [5.41, 5.74) is 5.10. The summed E-state index contributed by atoms with van der Waals surface area (Å²) >= 11 is 0. The van der Waals surface area contributed by atoms with Crippen molar-refractivity contribution in [2.75, 3.05) is 25.5 Å². The Morgan fingerprint density at radius 1 is 1.11 bits per heavy atom. The van der Waals surface area contributed by atoms with Crippen LogP contribution in [0, 0.1) is 6.92 Å². The predicted octanol–water partition coefficient (Wildman–Crippen LogP) is 4.24.